The van der Waals surface area contributed by atoms with E-state index in [-0.39, 0.29) is 11.4 Å². The molecule has 0 amide bonds. The van der Waals surface area contributed by atoms with Gasteiger partial charge in [-0.1, -0.05) is 43.6 Å². The summed E-state index contributed by atoms with van der Waals surface area (Å²) in [6.07, 6.45) is 1.95. The second kappa shape index (κ2) is 12.6. The van der Waals surface area contributed by atoms with Gasteiger partial charge >= 0.3 is 5.97 Å². The molecule has 3 aromatic carbocycles. The van der Waals surface area contributed by atoms with Crippen LogP contribution in [0.25, 0.3) is 11.0 Å². The number of halogens is 2. The summed E-state index contributed by atoms with van der Waals surface area (Å²) in [5, 5.41) is 20.4. The third-order valence-electron chi connectivity index (χ3n) is 9.46. The molecular weight excluding hydrogens is 595 g/mol. The lowest BCUT2D eigenvalue weighted by molar-refractivity contribution is 0.0697. The predicted octanol–water partition coefficient (Wildman–Crippen LogP) is 6.46. The number of carboxylic acid groups (broad SMARTS) is 1. The van der Waals surface area contributed by atoms with E-state index in [0.717, 1.165) is 54.2 Å². The van der Waals surface area contributed by atoms with E-state index in [2.05, 4.69) is 22.9 Å². The molecule has 4 aromatic rings. The molecule has 0 aliphatic carbocycles. The summed E-state index contributed by atoms with van der Waals surface area (Å²) < 4.78 is 23.4. The van der Waals surface area contributed by atoms with Crippen LogP contribution in [0.4, 0.5) is 10.1 Å². The van der Waals surface area contributed by atoms with E-state index in [1.54, 1.807) is 30.3 Å². The first kappa shape index (κ1) is 31.3. The van der Waals surface area contributed by atoms with Gasteiger partial charge in [0.1, 0.15) is 17.4 Å². The van der Waals surface area contributed by atoms with Crippen LogP contribution in [-0.2, 0) is 18.5 Å². The molecule has 1 unspecified atom stereocenters. The number of ether oxygens (including phenoxy) is 1. The first-order valence-electron chi connectivity index (χ1n) is 15.6. The molecule has 10 heteroatoms. The molecule has 2 N–H and O–H groups in total. The quantitative estimate of drug-likeness (QED) is 0.230. The molecule has 2 aliphatic rings. The van der Waals surface area contributed by atoms with E-state index < -0.39 is 17.5 Å². The van der Waals surface area contributed by atoms with Crippen molar-refractivity contribution in [2.24, 2.45) is 0 Å². The number of carboxylic acids is 1. The van der Waals surface area contributed by atoms with Crippen molar-refractivity contribution >= 4 is 34.3 Å². The number of hydrogen-bond donors (Lipinski definition) is 2. The number of para-hydroxylation sites is 1. The number of aliphatic hydroxyl groups excluding tert-OH is 1. The van der Waals surface area contributed by atoms with Crippen molar-refractivity contribution in [1.82, 2.24) is 14.5 Å². The molecule has 1 aromatic heterocycles. The second-order valence-electron chi connectivity index (χ2n) is 12.8. The number of aliphatic hydroxyl groups is 1. The van der Waals surface area contributed by atoms with Gasteiger partial charge in [0.15, 0.2) is 0 Å². The fourth-order valence-corrected chi connectivity index (χ4v) is 7.15. The number of anilines is 1. The molecule has 45 heavy (non-hydrogen) atoms. The van der Waals surface area contributed by atoms with E-state index in [1.165, 1.54) is 11.6 Å². The largest absolute Gasteiger partial charge is 0.490 e. The smallest absolute Gasteiger partial charge is 0.335 e. The Morgan fingerprint density at radius 3 is 2.67 bits per heavy atom. The van der Waals surface area contributed by atoms with Gasteiger partial charge in [0, 0.05) is 24.0 Å². The predicted molar refractivity (Wildman–Crippen MR) is 174 cm³/mol. The van der Waals surface area contributed by atoms with Crippen LogP contribution in [0, 0.1) is 5.82 Å². The van der Waals surface area contributed by atoms with Crippen LogP contribution in [0.5, 0.6) is 5.75 Å². The van der Waals surface area contributed by atoms with E-state index >= 15 is 4.39 Å². The van der Waals surface area contributed by atoms with Gasteiger partial charge in [0.05, 0.1) is 48.1 Å². The Labute approximate surface area is 268 Å². The van der Waals surface area contributed by atoms with E-state index in [4.69, 9.17) is 21.3 Å². The highest BCUT2D eigenvalue weighted by atomic mass is 35.5. The lowest BCUT2D eigenvalue weighted by Gasteiger charge is -2.35. The van der Waals surface area contributed by atoms with Crippen molar-refractivity contribution in [3.63, 3.8) is 0 Å². The Hall–Kier alpha value is -3.66. The zero-order chi connectivity index (χ0) is 31.9. The molecule has 0 bridgehead atoms. The number of aromatic nitrogens is 2. The minimum absolute atomic E-state index is 0.205. The minimum Gasteiger partial charge on any atom is -0.490 e. The zero-order valence-corrected chi connectivity index (χ0v) is 26.7. The number of likely N-dealkylation sites (N-methyl/N-ethyl adjacent to an activating group) is 1. The van der Waals surface area contributed by atoms with Gasteiger partial charge in [0.2, 0.25) is 0 Å². The highest BCUT2D eigenvalue weighted by Gasteiger charge is 2.37. The van der Waals surface area contributed by atoms with Crippen molar-refractivity contribution < 1.29 is 24.1 Å². The van der Waals surface area contributed by atoms with Crippen LogP contribution in [-0.4, -0.2) is 70.0 Å². The lowest BCUT2D eigenvalue weighted by atomic mass is 9.82. The maximum atomic E-state index is 15.0. The van der Waals surface area contributed by atoms with Gasteiger partial charge in [-0.15, -0.1) is 0 Å². The standard InChI is InChI=1S/C35H40ClFN4O4/c1-4-25(42)18-41-30-16-23(34(43)44)8-11-29(30)38-32(41)19-40-14-12-22(13-15-40)26-6-5-7-31-33(26)39(3)20-35(2,21-45-31)27-10-9-24(36)17-28(27)37/h5-11,16-17,22,25,42H,4,12-15,18-21H2,1-3H3,(H,43,44)/t25-,35?/m0/s1. The third kappa shape index (κ3) is 6.26. The van der Waals surface area contributed by atoms with Crippen molar-refractivity contribution in [1.29, 1.82) is 0 Å². The number of hydrogen-bond acceptors (Lipinski definition) is 6. The Balaban J connectivity index is 1.20. The van der Waals surface area contributed by atoms with Crippen molar-refractivity contribution in [3.05, 3.63) is 88.0 Å². The highest BCUT2D eigenvalue weighted by Crippen LogP contribution is 2.44. The zero-order valence-electron chi connectivity index (χ0n) is 26.0. The van der Waals surface area contributed by atoms with Crippen LogP contribution >= 0.6 is 11.6 Å². The molecule has 2 aliphatic heterocycles. The molecule has 0 saturated carbocycles. The molecule has 0 radical (unpaired) electrons. The van der Waals surface area contributed by atoms with Crippen molar-refractivity contribution in [3.8, 4) is 5.75 Å². The summed E-state index contributed by atoms with van der Waals surface area (Å²) in [4.78, 5) is 21.1. The first-order valence-corrected chi connectivity index (χ1v) is 16.0. The molecule has 6 rings (SSSR count). The molecule has 0 spiro atoms. The van der Waals surface area contributed by atoms with Crippen LogP contribution < -0.4 is 9.64 Å². The van der Waals surface area contributed by atoms with Crippen LogP contribution in [0.1, 0.15) is 66.3 Å². The second-order valence-corrected chi connectivity index (χ2v) is 13.2. The summed E-state index contributed by atoms with van der Waals surface area (Å²) in [7, 11) is 2.06. The number of piperidine rings is 1. The Morgan fingerprint density at radius 2 is 1.96 bits per heavy atom. The van der Waals surface area contributed by atoms with Gasteiger partial charge in [-0.2, -0.15) is 0 Å². The van der Waals surface area contributed by atoms with Gasteiger partial charge in [-0.3, -0.25) is 4.90 Å². The Kier molecular flexibility index (Phi) is 8.78. The number of rotatable bonds is 8. The summed E-state index contributed by atoms with van der Waals surface area (Å²) in [5.74, 6) is 0.674. The first-order chi connectivity index (χ1) is 21.6. The molecule has 8 nitrogen and oxygen atoms in total. The summed E-state index contributed by atoms with van der Waals surface area (Å²) in [6, 6.07) is 16.1. The fraction of sp³-hybridized carbons (Fsp3) is 0.429. The molecule has 238 valence electrons. The molecule has 2 atom stereocenters. The maximum absolute atomic E-state index is 15.0. The molecule has 3 heterocycles. The van der Waals surface area contributed by atoms with Crippen LogP contribution in [0.15, 0.2) is 54.6 Å². The highest BCUT2D eigenvalue weighted by molar-refractivity contribution is 6.30. The number of aromatic carboxylic acids is 1. The Morgan fingerprint density at radius 1 is 1.18 bits per heavy atom. The molecule has 1 fully saturated rings. The normalized spacial score (nSPS) is 20.1. The van der Waals surface area contributed by atoms with Gasteiger partial charge in [-0.05, 0) is 85.8 Å². The van der Waals surface area contributed by atoms with Crippen LogP contribution in [0.2, 0.25) is 5.02 Å². The average molecular weight is 635 g/mol. The summed E-state index contributed by atoms with van der Waals surface area (Å²) in [6.45, 7) is 7.63. The lowest BCUT2D eigenvalue weighted by Crippen LogP contribution is -2.40. The van der Waals surface area contributed by atoms with E-state index in [0.29, 0.717) is 49.2 Å². The summed E-state index contributed by atoms with van der Waals surface area (Å²) in [5.41, 5.74) is 4.01. The van der Waals surface area contributed by atoms with Gasteiger partial charge < -0.3 is 24.4 Å². The molecule has 1 saturated heterocycles. The molecular formula is C35H40ClFN4O4. The number of fused-ring (bicyclic) bond motifs is 2. The number of imidazole rings is 1. The van der Waals surface area contributed by atoms with Crippen LogP contribution in [0.3, 0.4) is 0 Å². The number of carbonyl (C=O) groups is 1. The summed E-state index contributed by atoms with van der Waals surface area (Å²) >= 11 is 6.05. The maximum Gasteiger partial charge on any atom is 0.335 e. The number of nitrogens with zero attached hydrogens (tertiary/aromatic N) is 4. The minimum atomic E-state index is -0.985. The van der Waals surface area contributed by atoms with Gasteiger partial charge in [-0.25, -0.2) is 14.2 Å². The van der Waals surface area contributed by atoms with E-state index in [1.807, 2.05) is 30.5 Å². The Bertz CT molecular complexity index is 1720. The fourth-order valence-electron chi connectivity index (χ4n) is 6.99. The van der Waals surface area contributed by atoms with Gasteiger partial charge in [0.25, 0.3) is 0 Å². The number of benzene rings is 3. The number of likely N-dealkylation sites (tertiary alicyclic amines) is 1. The topological polar surface area (TPSA) is 91.1 Å². The van der Waals surface area contributed by atoms with E-state index in [9.17, 15) is 15.0 Å². The van der Waals surface area contributed by atoms with Crippen molar-refractivity contribution in [2.75, 3.05) is 38.2 Å². The third-order valence-corrected chi connectivity index (χ3v) is 9.69. The SMILES string of the molecule is CC[C@H](O)Cn1c(CN2CCC(c3cccc4c3N(C)CC(C)(c3ccc(Cl)cc3F)CO4)CC2)nc2ccc(C(=O)O)cc21. The average Bonchev–Trinajstić information content (AvgIpc) is 3.28. The monoisotopic (exact) mass is 634 g/mol. The van der Waals surface area contributed by atoms with Crippen molar-refractivity contribution in [2.45, 2.75) is 63.6 Å².